The molecule has 2 aromatic rings. The Bertz CT molecular complexity index is 941. The van der Waals surface area contributed by atoms with E-state index in [9.17, 15) is 9.90 Å². The maximum absolute atomic E-state index is 13.0. The van der Waals surface area contributed by atoms with Crippen LogP contribution in [0.3, 0.4) is 0 Å². The molecule has 4 rings (SSSR count). The van der Waals surface area contributed by atoms with Gasteiger partial charge >= 0.3 is 0 Å². The molecule has 1 heterocycles. The van der Waals surface area contributed by atoms with Crippen molar-refractivity contribution < 1.29 is 14.6 Å². The maximum Gasteiger partial charge on any atom is 0.224 e. The van der Waals surface area contributed by atoms with Crippen LogP contribution in [0.15, 0.2) is 48.2 Å². The molecule has 1 saturated carbocycles. The first-order valence-corrected chi connectivity index (χ1v) is 10.7. The third kappa shape index (κ3) is 3.38. The number of ether oxygens (including phenoxy) is 1. The first kappa shape index (κ1) is 19.6. The number of hydrogen-bond acceptors (Lipinski definition) is 4. The Labute approximate surface area is 174 Å². The van der Waals surface area contributed by atoms with E-state index in [1.54, 1.807) is 7.11 Å². The molecule has 1 spiro atoms. The lowest BCUT2D eigenvalue weighted by atomic mass is 9.82. The predicted octanol–water partition coefficient (Wildman–Crippen LogP) is 6.19. The average molecular weight is 415 g/mol. The van der Waals surface area contributed by atoms with Crippen molar-refractivity contribution in [1.82, 2.24) is 0 Å². The Morgan fingerprint density at radius 3 is 2.39 bits per heavy atom. The fourth-order valence-electron chi connectivity index (χ4n) is 4.18. The van der Waals surface area contributed by atoms with Gasteiger partial charge in [0, 0.05) is 12.1 Å². The fraction of sp³-hybridized carbons (Fsp3) is 0.348. The Morgan fingerprint density at radius 1 is 1.11 bits per heavy atom. The van der Waals surface area contributed by atoms with Crippen LogP contribution in [0.2, 0.25) is 5.02 Å². The van der Waals surface area contributed by atoms with Crippen LogP contribution in [0.25, 0.3) is 16.7 Å². The highest BCUT2D eigenvalue weighted by Crippen LogP contribution is 2.54. The number of aryl methyl sites for hydroxylation is 1. The second kappa shape index (κ2) is 7.58. The number of hydrogen-bond donors (Lipinski definition) is 1. The minimum Gasteiger partial charge on any atom is -0.510 e. The van der Waals surface area contributed by atoms with Gasteiger partial charge < -0.3 is 9.84 Å². The van der Waals surface area contributed by atoms with Crippen LogP contribution in [0, 0.1) is 6.92 Å². The smallest absolute Gasteiger partial charge is 0.224 e. The molecular formula is C23H23ClO3S. The van der Waals surface area contributed by atoms with Crippen LogP contribution in [0.4, 0.5) is 0 Å². The molecule has 0 aromatic heterocycles. The first-order chi connectivity index (χ1) is 13.4. The first-order valence-electron chi connectivity index (χ1n) is 9.50. The third-order valence-corrected chi connectivity index (χ3v) is 7.55. The van der Waals surface area contributed by atoms with Crippen molar-refractivity contribution in [2.45, 2.75) is 43.5 Å². The molecule has 0 radical (unpaired) electrons. The van der Waals surface area contributed by atoms with Crippen LogP contribution in [-0.2, 0) is 9.53 Å². The summed E-state index contributed by atoms with van der Waals surface area (Å²) < 4.78 is 4.96. The molecule has 146 valence electrons. The number of methoxy groups -OCH3 is 1. The zero-order valence-electron chi connectivity index (χ0n) is 16.0. The molecule has 1 aliphatic heterocycles. The number of carbonyl (C=O) groups is 1. The molecule has 2 aromatic carbocycles. The minimum atomic E-state index is -0.496. The normalized spacial score (nSPS) is 25.0. The van der Waals surface area contributed by atoms with Crippen molar-refractivity contribution in [3.05, 3.63) is 64.4 Å². The monoisotopic (exact) mass is 414 g/mol. The lowest BCUT2D eigenvalue weighted by Gasteiger charge is -2.35. The fourth-order valence-corrected chi connectivity index (χ4v) is 5.61. The molecule has 0 unspecified atom stereocenters. The van der Waals surface area contributed by atoms with Gasteiger partial charge in [-0.1, -0.05) is 47.6 Å². The molecule has 3 nitrogen and oxygen atoms in total. The van der Waals surface area contributed by atoms with E-state index in [-0.39, 0.29) is 17.0 Å². The molecular weight excluding hydrogens is 392 g/mol. The Morgan fingerprint density at radius 2 is 1.75 bits per heavy atom. The second-order valence-electron chi connectivity index (χ2n) is 7.58. The lowest BCUT2D eigenvalue weighted by molar-refractivity contribution is -0.106. The summed E-state index contributed by atoms with van der Waals surface area (Å²) in [7, 11) is 1.72. The molecule has 1 aliphatic carbocycles. The maximum atomic E-state index is 13.0. The average Bonchev–Trinajstić information content (AvgIpc) is 2.93. The summed E-state index contributed by atoms with van der Waals surface area (Å²) in [5.74, 6) is 0.244. The van der Waals surface area contributed by atoms with E-state index in [1.165, 1.54) is 11.8 Å². The van der Waals surface area contributed by atoms with Crippen molar-refractivity contribution in [3.8, 4) is 11.1 Å². The Kier molecular flexibility index (Phi) is 5.30. The van der Waals surface area contributed by atoms with E-state index in [4.69, 9.17) is 16.3 Å². The van der Waals surface area contributed by atoms with Gasteiger partial charge in [0.2, 0.25) is 5.12 Å². The van der Waals surface area contributed by atoms with Gasteiger partial charge in [-0.3, -0.25) is 4.79 Å². The van der Waals surface area contributed by atoms with E-state index in [0.29, 0.717) is 10.6 Å². The molecule has 1 N–H and O–H groups in total. The number of aliphatic hydroxyl groups excluding tert-OH is 1. The van der Waals surface area contributed by atoms with Gasteiger partial charge in [0.15, 0.2) is 0 Å². The summed E-state index contributed by atoms with van der Waals surface area (Å²) in [5.41, 5.74) is 4.29. The van der Waals surface area contributed by atoms with Gasteiger partial charge in [0.25, 0.3) is 0 Å². The molecule has 5 heteroatoms. The number of benzene rings is 2. The van der Waals surface area contributed by atoms with Gasteiger partial charge in [0.1, 0.15) is 5.76 Å². The summed E-state index contributed by atoms with van der Waals surface area (Å²) >= 11 is 7.29. The third-order valence-electron chi connectivity index (χ3n) is 5.92. The van der Waals surface area contributed by atoms with Crippen molar-refractivity contribution >= 4 is 34.1 Å². The van der Waals surface area contributed by atoms with Crippen molar-refractivity contribution in [3.63, 3.8) is 0 Å². The predicted molar refractivity (Wildman–Crippen MR) is 116 cm³/mol. The molecule has 0 saturated heterocycles. The number of halogens is 1. The number of aliphatic hydroxyl groups is 1. The highest BCUT2D eigenvalue weighted by molar-refractivity contribution is 8.16. The summed E-state index contributed by atoms with van der Waals surface area (Å²) in [6, 6.07) is 13.7. The van der Waals surface area contributed by atoms with Gasteiger partial charge in [-0.05, 0) is 73.1 Å². The zero-order chi connectivity index (χ0) is 19.9. The van der Waals surface area contributed by atoms with Crippen LogP contribution < -0.4 is 0 Å². The molecule has 2 aliphatic rings. The standard InChI is InChI=1S/C23H23ClO3S/c1-14-3-4-16(15-5-7-17(24)8-6-15)13-19(14)20-21(25)23(28-22(20)26)11-9-18(27-2)10-12-23/h3-8,13,18,25H,9-12H2,1-2H3. The minimum absolute atomic E-state index is 0.0373. The number of thioether (sulfide) groups is 1. The Hall–Kier alpha value is -1.75. The van der Waals surface area contributed by atoms with Gasteiger partial charge in [-0.15, -0.1) is 0 Å². The van der Waals surface area contributed by atoms with Crippen molar-refractivity contribution in [2.75, 3.05) is 7.11 Å². The Balaban J connectivity index is 1.74. The van der Waals surface area contributed by atoms with Crippen molar-refractivity contribution in [1.29, 1.82) is 0 Å². The molecule has 0 bridgehead atoms. The van der Waals surface area contributed by atoms with Crippen LogP contribution in [-0.4, -0.2) is 28.2 Å². The van der Waals surface area contributed by atoms with Gasteiger partial charge in [0.05, 0.1) is 16.4 Å². The highest BCUT2D eigenvalue weighted by atomic mass is 35.5. The summed E-state index contributed by atoms with van der Waals surface area (Å²) in [6.45, 7) is 1.98. The van der Waals surface area contributed by atoms with E-state index in [2.05, 4.69) is 0 Å². The van der Waals surface area contributed by atoms with E-state index < -0.39 is 4.75 Å². The van der Waals surface area contributed by atoms with E-state index in [1.807, 2.05) is 49.4 Å². The molecule has 0 atom stereocenters. The molecule has 0 amide bonds. The van der Waals surface area contributed by atoms with E-state index >= 15 is 0 Å². The molecule has 1 fully saturated rings. The van der Waals surface area contributed by atoms with Crippen LogP contribution in [0.5, 0.6) is 0 Å². The SMILES string of the molecule is COC1CCC2(CC1)SC(=O)C(c1cc(-c3ccc(Cl)cc3)ccc1C)=C2O. The zero-order valence-corrected chi connectivity index (χ0v) is 17.6. The lowest BCUT2D eigenvalue weighted by Crippen LogP contribution is -2.34. The van der Waals surface area contributed by atoms with Crippen molar-refractivity contribution in [2.24, 2.45) is 0 Å². The summed E-state index contributed by atoms with van der Waals surface area (Å²) in [5, 5.41) is 11.8. The largest absolute Gasteiger partial charge is 0.510 e. The summed E-state index contributed by atoms with van der Waals surface area (Å²) in [4.78, 5) is 13.0. The highest BCUT2D eigenvalue weighted by Gasteiger charge is 2.49. The molecule has 28 heavy (non-hydrogen) atoms. The number of carbonyl (C=O) groups excluding carboxylic acids is 1. The van der Waals surface area contributed by atoms with Gasteiger partial charge in [-0.2, -0.15) is 0 Å². The van der Waals surface area contributed by atoms with E-state index in [0.717, 1.165) is 47.9 Å². The topological polar surface area (TPSA) is 46.5 Å². The van der Waals surface area contributed by atoms with Gasteiger partial charge in [-0.25, -0.2) is 0 Å². The van der Waals surface area contributed by atoms with Crippen LogP contribution >= 0.6 is 23.4 Å². The summed E-state index contributed by atoms with van der Waals surface area (Å²) in [6.07, 6.45) is 3.45. The number of rotatable bonds is 3. The quantitative estimate of drug-likeness (QED) is 0.650. The van der Waals surface area contributed by atoms with Crippen LogP contribution in [0.1, 0.15) is 36.8 Å². The second-order valence-corrected chi connectivity index (χ2v) is 9.37.